The Bertz CT molecular complexity index is 453. The molecule has 5 nitrogen and oxygen atoms in total. The van der Waals surface area contributed by atoms with E-state index in [0.717, 1.165) is 17.7 Å². The standard InChI is InChI=1S/C15H27N5/c1-10(2)12-16-13(19(5)6)18-14(17-12)20(7)11(3)15(4)8-9-15/h10-11H,8-9H2,1-7H3. The Hall–Kier alpha value is -1.39. The third-order valence-corrected chi connectivity index (χ3v) is 4.49. The molecule has 0 bridgehead atoms. The summed E-state index contributed by atoms with van der Waals surface area (Å²) in [6.45, 7) is 8.83. The molecule has 1 atom stereocenters. The average molecular weight is 277 g/mol. The Labute approximate surface area is 122 Å². The molecular weight excluding hydrogens is 250 g/mol. The Balaban J connectivity index is 2.34. The van der Waals surface area contributed by atoms with E-state index in [9.17, 15) is 0 Å². The summed E-state index contributed by atoms with van der Waals surface area (Å²) in [5.74, 6) is 2.68. The van der Waals surface area contributed by atoms with Crippen LogP contribution in [0, 0.1) is 5.41 Å². The van der Waals surface area contributed by atoms with Crippen LogP contribution in [0.5, 0.6) is 0 Å². The molecule has 0 spiro atoms. The van der Waals surface area contributed by atoms with Gasteiger partial charge in [-0.3, -0.25) is 0 Å². The van der Waals surface area contributed by atoms with E-state index in [1.165, 1.54) is 12.8 Å². The fourth-order valence-corrected chi connectivity index (χ4v) is 2.24. The third kappa shape index (κ3) is 2.86. The summed E-state index contributed by atoms with van der Waals surface area (Å²) in [6.07, 6.45) is 2.59. The second-order valence-corrected chi connectivity index (χ2v) is 6.78. The van der Waals surface area contributed by atoms with E-state index in [0.29, 0.717) is 17.4 Å². The summed E-state index contributed by atoms with van der Waals surface area (Å²) in [6, 6.07) is 0.444. The third-order valence-electron chi connectivity index (χ3n) is 4.49. The molecule has 0 N–H and O–H groups in total. The molecule has 5 heteroatoms. The molecule has 1 aliphatic carbocycles. The van der Waals surface area contributed by atoms with Gasteiger partial charge in [-0.05, 0) is 25.2 Å². The molecule has 1 aromatic rings. The smallest absolute Gasteiger partial charge is 0.230 e. The number of rotatable bonds is 5. The van der Waals surface area contributed by atoms with Gasteiger partial charge in [-0.1, -0.05) is 20.8 Å². The number of hydrogen-bond donors (Lipinski definition) is 0. The largest absolute Gasteiger partial charge is 0.347 e. The molecule has 0 aliphatic heterocycles. The Morgan fingerprint density at radius 1 is 0.950 bits per heavy atom. The number of aromatic nitrogens is 3. The highest BCUT2D eigenvalue weighted by Gasteiger charge is 2.44. The fraction of sp³-hybridized carbons (Fsp3) is 0.800. The Morgan fingerprint density at radius 3 is 1.95 bits per heavy atom. The lowest BCUT2D eigenvalue weighted by Gasteiger charge is -2.30. The minimum absolute atomic E-state index is 0.302. The zero-order valence-corrected chi connectivity index (χ0v) is 13.8. The van der Waals surface area contributed by atoms with E-state index in [1.54, 1.807) is 0 Å². The minimum atomic E-state index is 0.302. The van der Waals surface area contributed by atoms with Crippen molar-refractivity contribution in [2.45, 2.75) is 52.5 Å². The van der Waals surface area contributed by atoms with Crippen LogP contribution < -0.4 is 9.80 Å². The maximum atomic E-state index is 4.65. The van der Waals surface area contributed by atoms with Crippen LogP contribution in [0.3, 0.4) is 0 Å². The van der Waals surface area contributed by atoms with Crippen molar-refractivity contribution < 1.29 is 0 Å². The van der Waals surface area contributed by atoms with Crippen LogP contribution in [0.4, 0.5) is 11.9 Å². The SMILES string of the molecule is CC(C)c1nc(N(C)C)nc(N(C)C(C)C2(C)CC2)n1. The maximum Gasteiger partial charge on any atom is 0.230 e. The molecule has 1 unspecified atom stereocenters. The van der Waals surface area contributed by atoms with Gasteiger partial charge in [0.05, 0.1) is 0 Å². The van der Waals surface area contributed by atoms with Crippen LogP contribution in [0.15, 0.2) is 0 Å². The summed E-state index contributed by atoms with van der Waals surface area (Å²) >= 11 is 0. The number of anilines is 2. The van der Waals surface area contributed by atoms with E-state index in [4.69, 9.17) is 0 Å². The summed E-state index contributed by atoms with van der Waals surface area (Å²) in [4.78, 5) is 17.9. The van der Waals surface area contributed by atoms with E-state index in [-0.39, 0.29) is 0 Å². The van der Waals surface area contributed by atoms with Gasteiger partial charge >= 0.3 is 0 Å². The van der Waals surface area contributed by atoms with Crippen molar-refractivity contribution in [2.75, 3.05) is 30.9 Å². The normalized spacial score (nSPS) is 18.0. The summed E-state index contributed by atoms with van der Waals surface area (Å²) < 4.78 is 0. The van der Waals surface area contributed by atoms with Gasteiger partial charge in [0.1, 0.15) is 5.82 Å². The molecule has 1 aromatic heterocycles. The second kappa shape index (κ2) is 5.19. The van der Waals surface area contributed by atoms with E-state index in [1.807, 2.05) is 19.0 Å². The lowest BCUT2D eigenvalue weighted by Crippen LogP contribution is -2.37. The van der Waals surface area contributed by atoms with E-state index in [2.05, 4.69) is 54.6 Å². The van der Waals surface area contributed by atoms with Gasteiger partial charge in [0, 0.05) is 33.1 Å². The predicted octanol–water partition coefficient (Wildman–Crippen LogP) is 2.69. The average Bonchev–Trinajstić information content (AvgIpc) is 3.15. The molecule has 1 fully saturated rings. The maximum absolute atomic E-state index is 4.65. The summed E-state index contributed by atoms with van der Waals surface area (Å²) in [5, 5.41) is 0. The van der Waals surface area contributed by atoms with Crippen LogP contribution in [-0.4, -0.2) is 42.1 Å². The molecule has 2 rings (SSSR count). The molecule has 0 radical (unpaired) electrons. The molecule has 1 saturated carbocycles. The van der Waals surface area contributed by atoms with Gasteiger partial charge in [0.15, 0.2) is 0 Å². The quantitative estimate of drug-likeness (QED) is 0.828. The molecule has 1 heterocycles. The van der Waals surface area contributed by atoms with Crippen molar-refractivity contribution in [3.8, 4) is 0 Å². The van der Waals surface area contributed by atoms with E-state index < -0.39 is 0 Å². The van der Waals surface area contributed by atoms with Crippen LogP contribution in [-0.2, 0) is 0 Å². The van der Waals surface area contributed by atoms with Crippen LogP contribution >= 0.6 is 0 Å². The molecule has 0 amide bonds. The minimum Gasteiger partial charge on any atom is -0.347 e. The van der Waals surface area contributed by atoms with Gasteiger partial charge < -0.3 is 9.80 Å². The molecular formula is C15H27N5. The van der Waals surface area contributed by atoms with Crippen molar-refractivity contribution in [1.82, 2.24) is 15.0 Å². The Kier molecular flexibility index (Phi) is 3.89. The highest BCUT2D eigenvalue weighted by Crippen LogP contribution is 2.49. The summed E-state index contributed by atoms with van der Waals surface area (Å²) in [5.41, 5.74) is 0.414. The molecule has 1 aliphatic rings. The topological polar surface area (TPSA) is 45.2 Å². The molecule has 20 heavy (non-hydrogen) atoms. The summed E-state index contributed by atoms with van der Waals surface area (Å²) in [7, 11) is 6.02. The van der Waals surface area contributed by atoms with Crippen LogP contribution in [0.25, 0.3) is 0 Å². The highest BCUT2D eigenvalue weighted by molar-refractivity contribution is 5.39. The first-order valence-corrected chi connectivity index (χ1v) is 7.41. The van der Waals surface area contributed by atoms with Crippen molar-refractivity contribution >= 4 is 11.9 Å². The lowest BCUT2D eigenvalue weighted by atomic mass is 10.00. The second-order valence-electron chi connectivity index (χ2n) is 6.78. The molecule has 112 valence electrons. The van der Waals surface area contributed by atoms with Crippen LogP contribution in [0.1, 0.15) is 52.3 Å². The first kappa shape index (κ1) is 15.0. The van der Waals surface area contributed by atoms with Gasteiger partial charge in [0.25, 0.3) is 0 Å². The van der Waals surface area contributed by atoms with Crippen molar-refractivity contribution in [2.24, 2.45) is 5.41 Å². The number of nitrogens with zero attached hydrogens (tertiary/aromatic N) is 5. The van der Waals surface area contributed by atoms with E-state index >= 15 is 0 Å². The first-order valence-electron chi connectivity index (χ1n) is 7.41. The predicted molar refractivity (Wildman–Crippen MR) is 83.4 cm³/mol. The van der Waals surface area contributed by atoms with Gasteiger partial charge in [-0.25, -0.2) is 0 Å². The van der Waals surface area contributed by atoms with Gasteiger partial charge in [0.2, 0.25) is 11.9 Å². The van der Waals surface area contributed by atoms with Crippen molar-refractivity contribution in [3.05, 3.63) is 5.82 Å². The van der Waals surface area contributed by atoms with Crippen LogP contribution in [0.2, 0.25) is 0 Å². The molecule has 0 aromatic carbocycles. The monoisotopic (exact) mass is 277 g/mol. The van der Waals surface area contributed by atoms with Gasteiger partial charge in [-0.2, -0.15) is 15.0 Å². The fourth-order valence-electron chi connectivity index (χ4n) is 2.24. The zero-order valence-electron chi connectivity index (χ0n) is 13.8. The van der Waals surface area contributed by atoms with Crippen molar-refractivity contribution in [3.63, 3.8) is 0 Å². The lowest BCUT2D eigenvalue weighted by molar-refractivity contribution is 0.441. The Morgan fingerprint density at radius 2 is 1.50 bits per heavy atom. The van der Waals surface area contributed by atoms with Crippen molar-refractivity contribution in [1.29, 1.82) is 0 Å². The first-order chi connectivity index (χ1) is 9.24. The van der Waals surface area contributed by atoms with Gasteiger partial charge in [-0.15, -0.1) is 0 Å². The molecule has 0 saturated heterocycles. The zero-order chi connectivity index (χ0) is 15.1. The highest BCUT2D eigenvalue weighted by atomic mass is 15.3. The number of hydrogen-bond acceptors (Lipinski definition) is 5.